The number of thiophene rings is 1. The van der Waals surface area contributed by atoms with Crippen LogP contribution >= 0.6 is 27.3 Å². The monoisotopic (exact) mass is 418 g/mol. The highest BCUT2D eigenvalue weighted by Crippen LogP contribution is 2.35. The van der Waals surface area contributed by atoms with Crippen molar-refractivity contribution in [2.45, 2.75) is 4.90 Å². The molecule has 0 saturated carbocycles. The molecule has 0 aliphatic heterocycles. The van der Waals surface area contributed by atoms with Crippen LogP contribution in [0.3, 0.4) is 0 Å². The van der Waals surface area contributed by atoms with Crippen LogP contribution in [0.1, 0.15) is 0 Å². The Morgan fingerprint density at radius 3 is 2.58 bits per heavy atom. The summed E-state index contributed by atoms with van der Waals surface area (Å²) in [5.41, 5.74) is 1.40. The molecule has 4 rings (SSSR count). The SMILES string of the molecule is O=S(=O)(c1ccccc1)n1ccc2c(-c3cc(Br)cs3)ccnc21. The fourth-order valence-corrected chi connectivity index (χ4v) is 5.37. The Morgan fingerprint density at radius 1 is 1.08 bits per heavy atom. The lowest BCUT2D eigenvalue weighted by Crippen LogP contribution is -2.12. The van der Waals surface area contributed by atoms with Crippen LogP contribution in [0.4, 0.5) is 0 Å². The highest BCUT2D eigenvalue weighted by molar-refractivity contribution is 9.10. The summed E-state index contributed by atoms with van der Waals surface area (Å²) in [6, 6.07) is 14.1. The highest BCUT2D eigenvalue weighted by atomic mass is 79.9. The number of pyridine rings is 1. The third-order valence-electron chi connectivity index (χ3n) is 3.69. The van der Waals surface area contributed by atoms with E-state index in [1.165, 1.54) is 3.97 Å². The van der Waals surface area contributed by atoms with E-state index in [0.29, 0.717) is 5.65 Å². The minimum absolute atomic E-state index is 0.244. The van der Waals surface area contributed by atoms with E-state index in [2.05, 4.69) is 20.9 Å². The van der Waals surface area contributed by atoms with E-state index in [1.54, 1.807) is 60.1 Å². The van der Waals surface area contributed by atoms with Crippen molar-refractivity contribution in [1.82, 2.24) is 8.96 Å². The Balaban J connectivity index is 1.94. The lowest BCUT2D eigenvalue weighted by atomic mass is 10.1. The molecule has 0 aliphatic rings. The quantitative estimate of drug-likeness (QED) is 0.481. The maximum absolute atomic E-state index is 12.9. The Morgan fingerprint density at radius 2 is 1.88 bits per heavy atom. The molecule has 0 aliphatic carbocycles. The topological polar surface area (TPSA) is 52.0 Å². The molecule has 0 radical (unpaired) electrons. The number of hydrogen-bond acceptors (Lipinski definition) is 4. The smallest absolute Gasteiger partial charge is 0.237 e. The van der Waals surface area contributed by atoms with Crippen LogP contribution in [-0.4, -0.2) is 17.4 Å². The summed E-state index contributed by atoms with van der Waals surface area (Å²) in [5.74, 6) is 0. The number of nitrogens with zero attached hydrogens (tertiary/aromatic N) is 2. The lowest BCUT2D eigenvalue weighted by Gasteiger charge is -2.07. The lowest BCUT2D eigenvalue weighted by molar-refractivity contribution is 0.589. The van der Waals surface area contributed by atoms with Gasteiger partial charge in [-0.2, -0.15) is 0 Å². The molecule has 3 aromatic heterocycles. The van der Waals surface area contributed by atoms with Crippen LogP contribution in [0.2, 0.25) is 0 Å². The van der Waals surface area contributed by atoms with Crippen LogP contribution in [0, 0.1) is 0 Å². The normalized spacial score (nSPS) is 11.9. The van der Waals surface area contributed by atoms with E-state index in [4.69, 9.17) is 0 Å². The summed E-state index contributed by atoms with van der Waals surface area (Å²) in [6.45, 7) is 0. The summed E-state index contributed by atoms with van der Waals surface area (Å²) in [5, 5.41) is 2.81. The van der Waals surface area contributed by atoms with Crippen molar-refractivity contribution in [1.29, 1.82) is 0 Å². The maximum atomic E-state index is 12.9. The first kappa shape index (κ1) is 15.6. The number of benzene rings is 1. The molecule has 4 aromatic rings. The Bertz CT molecular complexity index is 1130. The molecular formula is C17H11BrN2O2S2. The van der Waals surface area contributed by atoms with Crippen molar-refractivity contribution in [2.75, 3.05) is 0 Å². The first-order valence-electron chi connectivity index (χ1n) is 7.08. The van der Waals surface area contributed by atoms with Gasteiger partial charge in [0, 0.05) is 38.1 Å². The molecule has 0 spiro atoms. The molecule has 0 saturated heterocycles. The van der Waals surface area contributed by atoms with Crippen LogP contribution in [0.5, 0.6) is 0 Å². The maximum Gasteiger partial charge on any atom is 0.269 e. The van der Waals surface area contributed by atoms with E-state index in [-0.39, 0.29) is 4.90 Å². The minimum Gasteiger partial charge on any atom is -0.237 e. The number of fused-ring (bicyclic) bond motifs is 1. The fraction of sp³-hybridized carbons (Fsp3) is 0. The molecule has 0 N–H and O–H groups in total. The summed E-state index contributed by atoms with van der Waals surface area (Å²) in [4.78, 5) is 5.61. The number of aromatic nitrogens is 2. The van der Waals surface area contributed by atoms with Gasteiger partial charge in [-0.25, -0.2) is 17.4 Å². The van der Waals surface area contributed by atoms with Crippen molar-refractivity contribution in [2.24, 2.45) is 0 Å². The predicted octanol–water partition coefficient (Wildman–Crippen LogP) is 4.76. The standard InChI is InChI=1S/C17H11BrN2O2S2/c18-12-10-16(23-11-12)14-6-8-19-17-15(14)7-9-20(17)24(21,22)13-4-2-1-3-5-13/h1-11H. The van der Waals surface area contributed by atoms with Crippen molar-refractivity contribution in [3.8, 4) is 10.4 Å². The van der Waals surface area contributed by atoms with Crippen molar-refractivity contribution in [3.63, 3.8) is 0 Å². The molecule has 0 amide bonds. The van der Waals surface area contributed by atoms with Gasteiger partial charge in [0.1, 0.15) is 0 Å². The molecule has 0 bridgehead atoms. The van der Waals surface area contributed by atoms with E-state index < -0.39 is 10.0 Å². The van der Waals surface area contributed by atoms with Crippen LogP contribution in [0.25, 0.3) is 21.5 Å². The molecule has 1 aromatic carbocycles. The van der Waals surface area contributed by atoms with E-state index in [9.17, 15) is 8.42 Å². The average molecular weight is 419 g/mol. The molecule has 3 heterocycles. The molecule has 24 heavy (non-hydrogen) atoms. The van der Waals surface area contributed by atoms with Gasteiger partial charge in [-0.15, -0.1) is 11.3 Å². The predicted molar refractivity (Wildman–Crippen MR) is 99.8 cm³/mol. The van der Waals surface area contributed by atoms with E-state index >= 15 is 0 Å². The van der Waals surface area contributed by atoms with Crippen molar-refractivity contribution >= 4 is 48.3 Å². The molecule has 4 nitrogen and oxygen atoms in total. The Kier molecular flexibility index (Phi) is 3.79. The first-order chi connectivity index (χ1) is 11.6. The number of hydrogen-bond donors (Lipinski definition) is 0. The molecule has 120 valence electrons. The zero-order chi connectivity index (χ0) is 16.7. The van der Waals surface area contributed by atoms with Gasteiger partial charge in [0.2, 0.25) is 0 Å². The molecule has 0 unspecified atom stereocenters. The summed E-state index contributed by atoms with van der Waals surface area (Å²) in [6.07, 6.45) is 3.20. The second kappa shape index (κ2) is 5.84. The van der Waals surface area contributed by atoms with Gasteiger partial charge in [-0.1, -0.05) is 18.2 Å². The second-order valence-electron chi connectivity index (χ2n) is 5.15. The third-order valence-corrected chi connectivity index (χ3v) is 7.09. The highest BCUT2D eigenvalue weighted by Gasteiger charge is 2.20. The Labute approximate surface area is 151 Å². The minimum atomic E-state index is -3.67. The van der Waals surface area contributed by atoms with Gasteiger partial charge in [0.25, 0.3) is 10.0 Å². The average Bonchev–Trinajstić information content (AvgIpc) is 3.22. The fourth-order valence-electron chi connectivity index (χ4n) is 2.58. The number of halogens is 1. The zero-order valence-electron chi connectivity index (χ0n) is 12.3. The molecule has 7 heteroatoms. The van der Waals surface area contributed by atoms with E-state index in [1.807, 2.05) is 17.5 Å². The second-order valence-corrected chi connectivity index (χ2v) is 8.80. The van der Waals surface area contributed by atoms with Crippen LogP contribution in [-0.2, 0) is 10.0 Å². The van der Waals surface area contributed by atoms with Crippen molar-refractivity contribution < 1.29 is 8.42 Å². The van der Waals surface area contributed by atoms with Gasteiger partial charge in [-0.05, 0) is 46.3 Å². The summed E-state index contributed by atoms with van der Waals surface area (Å²) in [7, 11) is -3.67. The largest absolute Gasteiger partial charge is 0.269 e. The van der Waals surface area contributed by atoms with Crippen molar-refractivity contribution in [3.05, 3.63) is 70.8 Å². The third kappa shape index (κ3) is 2.49. The summed E-state index contributed by atoms with van der Waals surface area (Å²) >= 11 is 5.05. The van der Waals surface area contributed by atoms with Gasteiger partial charge < -0.3 is 0 Å². The Hall–Kier alpha value is -1.96. The van der Waals surface area contributed by atoms with Gasteiger partial charge in [0.15, 0.2) is 5.65 Å². The zero-order valence-corrected chi connectivity index (χ0v) is 15.5. The first-order valence-corrected chi connectivity index (χ1v) is 10.2. The molecule has 0 atom stereocenters. The van der Waals surface area contributed by atoms with Crippen LogP contribution < -0.4 is 0 Å². The number of rotatable bonds is 3. The molecule has 0 fully saturated rings. The molecular weight excluding hydrogens is 408 g/mol. The van der Waals surface area contributed by atoms with Gasteiger partial charge in [0.05, 0.1) is 4.90 Å². The van der Waals surface area contributed by atoms with Gasteiger partial charge in [-0.3, -0.25) is 0 Å². The van der Waals surface area contributed by atoms with Gasteiger partial charge >= 0.3 is 0 Å². The van der Waals surface area contributed by atoms with Crippen LogP contribution in [0.15, 0.2) is 75.7 Å². The summed E-state index contributed by atoms with van der Waals surface area (Å²) < 4.78 is 28.0. The van der Waals surface area contributed by atoms with E-state index in [0.717, 1.165) is 20.3 Å².